The fraction of sp³-hybridized carbons (Fsp3) is 0.194. The Hall–Kier alpha value is -4.45. The Kier molecular flexibility index (Phi) is 5.52. The SMILES string of the molecule is CCOC1=NC(C)(C(C(=O)OC)c2ccc3ccc4ccccc4c3c2)c2cc(-n3cccn3)ccc21. The first kappa shape index (κ1) is 23.0. The Morgan fingerprint density at radius 3 is 2.51 bits per heavy atom. The Morgan fingerprint density at radius 2 is 1.76 bits per heavy atom. The van der Waals surface area contributed by atoms with Crippen molar-refractivity contribution in [3.8, 4) is 5.69 Å². The largest absolute Gasteiger partial charge is 0.478 e. The lowest BCUT2D eigenvalue weighted by Gasteiger charge is -2.31. The summed E-state index contributed by atoms with van der Waals surface area (Å²) in [4.78, 5) is 18.6. The smallest absolute Gasteiger partial charge is 0.315 e. The van der Waals surface area contributed by atoms with Crippen molar-refractivity contribution in [2.24, 2.45) is 4.99 Å². The van der Waals surface area contributed by atoms with Gasteiger partial charge < -0.3 is 9.47 Å². The van der Waals surface area contributed by atoms with Crippen LogP contribution < -0.4 is 0 Å². The van der Waals surface area contributed by atoms with Crippen molar-refractivity contribution >= 4 is 33.4 Å². The molecule has 184 valence electrons. The van der Waals surface area contributed by atoms with Crippen LogP contribution in [0, 0.1) is 0 Å². The van der Waals surface area contributed by atoms with Crippen LogP contribution in [0.5, 0.6) is 0 Å². The quantitative estimate of drug-likeness (QED) is 0.219. The molecule has 37 heavy (non-hydrogen) atoms. The van der Waals surface area contributed by atoms with Crippen molar-refractivity contribution in [1.29, 1.82) is 0 Å². The molecule has 0 aliphatic carbocycles. The highest BCUT2D eigenvalue weighted by Gasteiger charge is 2.48. The number of methoxy groups -OCH3 is 1. The van der Waals surface area contributed by atoms with E-state index >= 15 is 0 Å². The van der Waals surface area contributed by atoms with Gasteiger partial charge in [-0.1, -0.05) is 48.5 Å². The number of benzene rings is 4. The topological polar surface area (TPSA) is 65.7 Å². The number of hydrogen-bond donors (Lipinski definition) is 0. The second-order valence-corrected chi connectivity index (χ2v) is 9.40. The normalized spacial score (nSPS) is 17.4. The van der Waals surface area contributed by atoms with Gasteiger partial charge >= 0.3 is 5.97 Å². The number of carbonyl (C=O) groups is 1. The number of rotatable bonds is 5. The lowest BCUT2D eigenvalue weighted by molar-refractivity contribution is -0.144. The number of fused-ring (bicyclic) bond motifs is 4. The van der Waals surface area contributed by atoms with Crippen LogP contribution in [0.1, 0.15) is 36.5 Å². The molecule has 6 rings (SSSR count). The van der Waals surface area contributed by atoms with E-state index in [0.717, 1.165) is 43.9 Å². The summed E-state index contributed by atoms with van der Waals surface area (Å²) in [5.74, 6) is -0.503. The van der Waals surface area contributed by atoms with Crippen LogP contribution in [-0.2, 0) is 19.8 Å². The third-order valence-corrected chi connectivity index (χ3v) is 7.27. The average Bonchev–Trinajstić information content (AvgIpc) is 3.56. The Labute approximate surface area is 215 Å². The van der Waals surface area contributed by atoms with Gasteiger partial charge in [0.05, 0.1) is 19.4 Å². The molecular weight excluding hydrogens is 462 g/mol. The van der Waals surface area contributed by atoms with Gasteiger partial charge in [0, 0.05) is 18.0 Å². The highest BCUT2D eigenvalue weighted by molar-refractivity contribution is 6.08. The van der Waals surface area contributed by atoms with E-state index in [2.05, 4.69) is 41.5 Å². The number of hydrogen-bond acceptors (Lipinski definition) is 5. The van der Waals surface area contributed by atoms with Gasteiger partial charge in [0.2, 0.25) is 5.90 Å². The van der Waals surface area contributed by atoms with Gasteiger partial charge in [0.15, 0.2) is 0 Å². The summed E-state index contributed by atoms with van der Waals surface area (Å²) < 4.78 is 13.1. The minimum atomic E-state index is -0.950. The van der Waals surface area contributed by atoms with Crippen molar-refractivity contribution in [1.82, 2.24) is 9.78 Å². The van der Waals surface area contributed by atoms with E-state index in [1.54, 1.807) is 10.9 Å². The number of ether oxygens (including phenoxy) is 2. The fourth-order valence-electron chi connectivity index (χ4n) is 5.51. The maximum atomic E-state index is 13.5. The average molecular weight is 490 g/mol. The molecule has 6 nitrogen and oxygen atoms in total. The molecule has 0 amide bonds. The van der Waals surface area contributed by atoms with Gasteiger partial charge in [-0.3, -0.25) is 4.79 Å². The molecule has 1 aromatic heterocycles. The Balaban J connectivity index is 1.58. The first-order valence-electron chi connectivity index (χ1n) is 12.4. The van der Waals surface area contributed by atoms with Gasteiger partial charge in [-0.15, -0.1) is 0 Å². The Bertz CT molecular complexity index is 1670. The second kappa shape index (κ2) is 8.89. The zero-order chi connectivity index (χ0) is 25.6. The molecule has 0 saturated heterocycles. The van der Waals surface area contributed by atoms with Crippen molar-refractivity contribution in [2.75, 3.05) is 13.7 Å². The van der Waals surface area contributed by atoms with Gasteiger partial charge in [-0.2, -0.15) is 5.10 Å². The second-order valence-electron chi connectivity index (χ2n) is 9.40. The van der Waals surface area contributed by atoms with E-state index in [0.29, 0.717) is 12.5 Å². The summed E-state index contributed by atoms with van der Waals surface area (Å²) >= 11 is 0. The van der Waals surface area contributed by atoms with Gasteiger partial charge in [0.25, 0.3) is 0 Å². The van der Waals surface area contributed by atoms with Crippen LogP contribution >= 0.6 is 0 Å². The fourth-order valence-corrected chi connectivity index (χ4v) is 5.51. The zero-order valence-corrected chi connectivity index (χ0v) is 21.0. The number of aromatic nitrogens is 2. The minimum absolute atomic E-state index is 0.348. The summed E-state index contributed by atoms with van der Waals surface area (Å²) in [6.45, 7) is 4.39. The molecular formula is C31H27N3O3. The van der Waals surface area contributed by atoms with Crippen LogP contribution in [0.25, 0.3) is 27.2 Å². The molecule has 1 aliphatic heterocycles. The molecule has 4 aromatic carbocycles. The zero-order valence-electron chi connectivity index (χ0n) is 21.0. The third kappa shape index (κ3) is 3.68. The predicted octanol–water partition coefficient (Wildman–Crippen LogP) is 6.15. The molecule has 5 aromatic rings. The molecule has 2 unspecified atom stereocenters. The van der Waals surface area contributed by atoms with E-state index in [1.807, 2.05) is 62.5 Å². The lowest BCUT2D eigenvalue weighted by Crippen LogP contribution is -2.34. The number of nitrogens with zero attached hydrogens (tertiary/aromatic N) is 3. The molecule has 0 spiro atoms. The lowest BCUT2D eigenvalue weighted by atomic mass is 9.75. The van der Waals surface area contributed by atoms with Crippen molar-refractivity contribution in [2.45, 2.75) is 25.3 Å². The van der Waals surface area contributed by atoms with Gasteiger partial charge in [-0.25, -0.2) is 9.67 Å². The number of esters is 1. The molecule has 0 N–H and O–H groups in total. The highest BCUT2D eigenvalue weighted by atomic mass is 16.5. The van der Waals surface area contributed by atoms with E-state index in [-0.39, 0.29) is 5.97 Å². The first-order chi connectivity index (χ1) is 18.0. The minimum Gasteiger partial charge on any atom is -0.478 e. The molecule has 0 bridgehead atoms. The van der Waals surface area contributed by atoms with Crippen LogP contribution in [0.2, 0.25) is 0 Å². The number of aliphatic imine (C=N–C) groups is 1. The molecule has 1 aliphatic rings. The standard InChI is InChI=1S/C31H27N3O3/c1-4-37-29-25-15-14-23(34-17-7-16-32-34)19-27(25)31(2,33-29)28(30(35)36-3)22-13-12-21-11-10-20-8-5-6-9-24(20)26(21)18-22/h5-19,28H,4H2,1-3H3. The maximum Gasteiger partial charge on any atom is 0.315 e. The summed E-state index contributed by atoms with van der Waals surface area (Å²) in [5, 5.41) is 8.88. The van der Waals surface area contributed by atoms with Gasteiger partial charge in [0.1, 0.15) is 11.5 Å². The van der Waals surface area contributed by atoms with Crippen molar-refractivity contribution < 1.29 is 14.3 Å². The van der Waals surface area contributed by atoms with E-state index in [9.17, 15) is 4.79 Å². The van der Waals surface area contributed by atoms with E-state index in [1.165, 1.54) is 7.11 Å². The van der Waals surface area contributed by atoms with Gasteiger partial charge in [-0.05, 0) is 76.9 Å². The van der Waals surface area contributed by atoms with E-state index < -0.39 is 11.5 Å². The third-order valence-electron chi connectivity index (χ3n) is 7.27. The molecule has 2 atom stereocenters. The molecule has 0 fully saturated rings. The number of carbonyl (C=O) groups excluding carboxylic acids is 1. The van der Waals surface area contributed by atoms with Crippen LogP contribution in [0.4, 0.5) is 0 Å². The van der Waals surface area contributed by atoms with Crippen molar-refractivity contribution in [3.05, 3.63) is 108 Å². The summed E-state index contributed by atoms with van der Waals surface area (Å²) in [6, 6.07) is 26.6. The summed E-state index contributed by atoms with van der Waals surface area (Å²) in [7, 11) is 1.43. The highest BCUT2D eigenvalue weighted by Crippen LogP contribution is 2.48. The van der Waals surface area contributed by atoms with Crippen LogP contribution in [-0.4, -0.2) is 35.4 Å². The first-order valence-corrected chi connectivity index (χ1v) is 12.4. The van der Waals surface area contributed by atoms with Crippen LogP contribution in [0.15, 0.2) is 96.2 Å². The molecule has 0 radical (unpaired) electrons. The molecule has 2 heterocycles. The van der Waals surface area contributed by atoms with Crippen LogP contribution in [0.3, 0.4) is 0 Å². The summed E-state index contributed by atoms with van der Waals surface area (Å²) in [5.41, 5.74) is 2.55. The Morgan fingerprint density at radius 1 is 0.973 bits per heavy atom. The summed E-state index contributed by atoms with van der Waals surface area (Å²) in [6.07, 6.45) is 3.63. The predicted molar refractivity (Wildman–Crippen MR) is 145 cm³/mol. The van der Waals surface area contributed by atoms with E-state index in [4.69, 9.17) is 14.5 Å². The monoisotopic (exact) mass is 489 g/mol. The maximum absolute atomic E-state index is 13.5. The van der Waals surface area contributed by atoms with Crippen molar-refractivity contribution in [3.63, 3.8) is 0 Å². The molecule has 0 saturated carbocycles. The molecule has 6 heteroatoms.